The molecule has 6 heteroatoms. The van der Waals surface area contributed by atoms with Crippen molar-refractivity contribution in [1.82, 2.24) is 5.32 Å². The van der Waals surface area contributed by atoms with Gasteiger partial charge in [0.1, 0.15) is 6.04 Å². The average molecular weight is 220 g/mol. The molecule has 0 saturated carbocycles. The van der Waals surface area contributed by atoms with Gasteiger partial charge in [0.2, 0.25) is 5.91 Å². The maximum atomic E-state index is 10.7. The minimum atomic E-state index is -1.02. The summed E-state index contributed by atoms with van der Waals surface area (Å²) < 4.78 is 0. The molecule has 0 aliphatic rings. The number of hydrogen-bond donors (Lipinski definition) is 3. The third-order valence-corrected chi connectivity index (χ3v) is 2.67. The Kier molecular flexibility index (Phi) is 6.31. The highest BCUT2D eigenvalue weighted by atomic mass is 32.2. The van der Waals surface area contributed by atoms with Crippen LogP contribution in [0.5, 0.6) is 0 Å². The fourth-order valence-corrected chi connectivity index (χ4v) is 1.76. The molecule has 0 fully saturated rings. The molecule has 2 unspecified atom stereocenters. The van der Waals surface area contributed by atoms with Crippen molar-refractivity contribution < 1.29 is 14.7 Å². The zero-order chi connectivity index (χ0) is 11.1. The molecule has 0 aliphatic carbocycles. The van der Waals surface area contributed by atoms with Crippen LogP contribution in [0.4, 0.5) is 0 Å². The first kappa shape index (κ1) is 13.2. The third kappa shape index (κ3) is 6.73. The molecule has 0 spiro atoms. The van der Waals surface area contributed by atoms with E-state index in [1.54, 1.807) is 0 Å². The normalized spacial score (nSPS) is 14.5. The van der Waals surface area contributed by atoms with E-state index in [0.29, 0.717) is 11.5 Å². The molecule has 0 aromatic heterocycles. The number of carboxylic acid groups (broad SMARTS) is 1. The Labute approximate surface area is 87.4 Å². The quantitative estimate of drug-likeness (QED) is 0.569. The molecule has 0 aromatic carbocycles. The van der Waals surface area contributed by atoms with Gasteiger partial charge in [-0.3, -0.25) is 4.79 Å². The fraction of sp³-hybridized carbons (Fsp3) is 0.750. The van der Waals surface area contributed by atoms with E-state index >= 15 is 0 Å². The zero-order valence-electron chi connectivity index (χ0n) is 8.32. The molecule has 5 nitrogen and oxygen atoms in total. The SMILES string of the molecule is CC(=O)NC(CSCC(C)N)C(=O)O. The monoisotopic (exact) mass is 220 g/mol. The smallest absolute Gasteiger partial charge is 0.327 e. The standard InChI is InChI=1S/C8H16N2O3S/c1-5(9)3-14-4-7(8(12)13)10-6(2)11/h5,7H,3-4,9H2,1-2H3,(H,10,11)(H,12,13). The average Bonchev–Trinajstić information content (AvgIpc) is 2.00. The van der Waals surface area contributed by atoms with Crippen molar-refractivity contribution in [3.63, 3.8) is 0 Å². The van der Waals surface area contributed by atoms with Crippen LogP contribution in [0, 0.1) is 0 Å². The molecular formula is C8H16N2O3S. The number of aliphatic carboxylic acids is 1. The number of carboxylic acids is 1. The first-order chi connectivity index (χ1) is 6.43. The van der Waals surface area contributed by atoms with E-state index in [9.17, 15) is 9.59 Å². The predicted molar refractivity (Wildman–Crippen MR) is 56.2 cm³/mol. The number of thioether (sulfide) groups is 1. The molecule has 0 bridgehead atoms. The van der Waals surface area contributed by atoms with E-state index in [2.05, 4.69) is 5.32 Å². The van der Waals surface area contributed by atoms with Gasteiger partial charge in [0, 0.05) is 24.5 Å². The Morgan fingerprint density at radius 2 is 2.07 bits per heavy atom. The number of hydrogen-bond acceptors (Lipinski definition) is 4. The third-order valence-electron chi connectivity index (χ3n) is 1.34. The van der Waals surface area contributed by atoms with Gasteiger partial charge < -0.3 is 16.2 Å². The lowest BCUT2D eigenvalue weighted by Crippen LogP contribution is -2.41. The van der Waals surface area contributed by atoms with Gasteiger partial charge in [0.15, 0.2) is 0 Å². The molecule has 0 rings (SSSR count). The van der Waals surface area contributed by atoms with Crippen LogP contribution in [0.15, 0.2) is 0 Å². The Balaban J connectivity index is 3.86. The summed E-state index contributed by atoms with van der Waals surface area (Å²) in [5, 5.41) is 11.1. The lowest BCUT2D eigenvalue weighted by atomic mass is 10.3. The van der Waals surface area contributed by atoms with Crippen molar-refractivity contribution in [3.8, 4) is 0 Å². The molecule has 0 heterocycles. The van der Waals surface area contributed by atoms with Crippen LogP contribution in [0.1, 0.15) is 13.8 Å². The van der Waals surface area contributed by atoms with Gasteiger partial charge in [0.05, 0.1) is 0 Å². The summed E-state index contributed by atoms with van der Waals surface area (Å²) in [4.78, 5) is 21.3. The van der Waals surface area contributed by atoms with Crippen molar-refractivity contribution >= 4 is 23.6 Å². The Bertz CT molecular complexity index is 209. The minimum absolute atomic E-state index is 0.0340. The molecule has 0 aliphatic heterocycles. The van der Waals surface area contributed by atoms with Crippen LogP contribution in [-0.4, -0.2) is 40.6 Å². The van der Waals surface area contributed by atoms with Crippen LogP contribution in [0.2, 0.25) is 0 Å². The highest BCUT2D eigenvalue weighted by Crippen LogP contribution is 2.04. The maximum Gasteiger partial charge on any atom is 0.327 e. The first-order valence-electron chi connectivity index (χ1n) is 4.26. The van der Waals surface area contributed by atoms with Crippen LogP contribution in [-0.2, 0) is 9.59 Å². The second kappa shape index (κ2) is 6.67. The van der Waals surface area contributed by atoms with E-state index in [0.717, 1.165) is 0 Å². The number of nitrogens with two attached hydrogens (primary N) is 1. The number of amides is 1. The highest BCUT2D eigenvalue weighted by molar-refractivity contribution is 7.99. The number of nitrogens with one attached hydrogen (secondary N) is 1. The fourth-order valence-electron chi connectivity index (χ4n) is 0.792. The molecule has 0 aromatic rings. The summed E-state index contributed by atoms with van der Waals surface area (Å²) in [5.74, 6) is -0.323. The Morgan fingerprint density at radius 3 is 2.43 bits per heavy atom. The zero-order valence-corrected chi connectivity index (χ0v) is 9.13. The van der Waals surface area contributed by atoms with Crippen molar-refractivity contribution in [1.29, 1.82) is 0 Å². The molecule has 4 N–H and O–H groups in total. The van der Waals surface area contributed by atoms with Gasteiger partial charge in [-0.15, -0.1) is 0 Å². The summed E-state index contributed by atoms with van der Waals surface area (Å²) in [6, 6.07) is -0.789. The summed E-state index contributed by atoms with van der Waals surface area (Å²) in [5.41, 5.74) is 5.50. The maximum absolute atomic E-state index is 10.7. The van der Waals surface area contributed by atoms with Crippen LogP contribution in [0.3, 0.4) is 0 Å². The van der Waals surface area contributed by atoms with Gasteiger partial charge in [-0.25, -0.2) is 4.79 Å². The van der Waals surface area contributed by atoms with Crippen molar-refractivity contribution in [2.24, 2.45) is 5.73 Å². The van der Waals surface area contributed by atoms with Gasteiger partial charge in [-0.2, -0.15) is 11.8 Å². The van der Waals surface area contributed by atoms with Crippen LogP contribution in [0.25, 0.3) is 0 Å². The lowest BCUT2D eigenvalue weighted by molar-refractivity contribution is -0.140. The topological polar surface area (TPSA) is 92.4 Å². The summed E-state index contributed by atoms with van der Waals surface area (Å²) in [6.07, 6.45) is 0. The van der Waals surface area contributed by atoms with E-state index < -0.39 is 12.0 Å². The van der Waals surface area contributed by atoms with Crippen molar-refractivity contribution in [2.45, 2.75) is 25.9 Å². The van der Waals surface area contributed by atoms with Crippen molar-refractivity contribution in [3.05, 3.63) is 0 Å². The lowest BCUT2D eigenvalue weighted by Gasteiger charge is -2.13. The van der Waals surface area contributed by atoms with E-state index in [4.69, 9.17) is 10.8 Å². The van der Waals surface area contributed by atoms with E-state index in [-0.39, 0.29) is 11.9 Å². The summed E-state index contributed by atoms with van der Waals surface area (Å²) >= 11 is 1.42. The van der Waals surface area contributed by atoms with Crippen LogP contribution < -0.4 is 11.1 Å². The molecule has 1 amide bonds. The predicted octanol–water partition coefficient (Wildman–Crippen LogP) is -0.344. The highest BCUT2D eigenvalue weighted by Gasteiger charge is 2.17. The Hall–Kier alpha value is -0.750. The first-order valence-corrected chi connectivity index (χ1v) is 5.42. The number of carbonyl (C=O) groups is 2. The van der Waals surface area contributed by atoms with Gasteiger partial charge >= 0.3 is 5.97 Å². The second-order valence-corrected chi connectivity index (χ2v) is 4.18. The minimum Gasteiger partial charge on any atom is -0.480 e. The molecule has 82 valence electrons. The van der Waals surface area contributed by atoms with E-state index in [1.807, 2.05) is 6.92 Å². The molecule has 14 heavy (non-hydrogen) atoms. The molecule has 0 radical (unpaired) electrons. The van der Waals surface area contributed by atoms with E-state index in [1.165, 1.54) is 18.7 Å². The molecule has 0 saturated heterocycles. The van der Waals surface area contributed by atoms with Gasteiger partial charge in [-0.05, 0) is 6.92 Å². The Morgan fingerprint density at radius 1 is 1.50 bits per heavy atom. The van der Waals surface area contributed by atoms with Crippen LogP contribution >= 0.6 is 11.8 Å². The number of rotatable bonds is 6. The summed E-state index contributed by atoms with van der Waals surface area (Å²) in [7, 11) is 0. The van der Waals surface area contributed by atoms with Crippen molar-refractivity contribution in [2.75, 3.05) is 11.5 Å². The number of carbonyl (C=O) groups excluding carboxylic acids is 1. The largest absolute Gasteiger partial charge is 0.480 e. The molecular weight excluding hydrogens is 204 g/mol. The van der Waals surface area contributed by atoms with Gasteiger partial charge in [-0.1, -0.05) is 0 Å². The summed E-state index contributed by atoms with van der Waals surface area (Å²) in [6.45, 7) is 3.15. The molecule has 2 atom stereocenters. The second-order valence-electron chi connectivity index (χ2n) is 3.11. The van der Waals surface area contributed by atoms with Gasteiger partial charge in [0.25, 0.3) is 0 Å².